The lowest BCUT2D eigenvalue weighted by molar-refractivity contribution is -0.154. The number of rotatable bonds is 7. The van der Waals surface area contributed by atoms with Gasteiger partial charge >= 0.3 is 5.97 Å². The Morgan fingerprint density at radius 1 is 1.06 bits per heavy atom. The monoisotopic (exact) mass is 486 g/mol. The summed E-state index contributed by atoms with van der Waals surface area (Å²) in [5.74, 6) is -2.76. The fraction of sp³-hybridized carbons (Fsp3) is 0.345. The second-order valence-corrected chi connectivity index (χ2v) is 9.39. The number of carbonyl (C=O) groups is 3. The van der Waals surface area contributed by atoms with Crippen molar-refractivity contribution in [2.24, 2.45) is 11.8 Å². The van der Waals surface area contributed by atoms with Crippen molar-refractivity contribution >= 4 is 17.8 Å². The van der Waals surface area contributed by atoms with Crippen molar-refractivity contribution in [3.63, 3.8) is 0 Å². The molecule has 5 rings (SSSR count). The molecule has 2 aromatic rings. The third-order valence-electron chi connectivity index (χ3n) is 7.28. The highest BCUT2D eigenvalue weighted by atomic mass is 16.6. The van der Waals surface area contributed by atoms with Gasteiger partial charge in [0, 0.05) is 19.6 Å². The maximum absolute atomic E-state index is 14.2. The van der Waals surface area contributed by atoms with Crippen LogP contribution in [-0.4, -0.2) is 58.5 Å². The van der Waals surface area contributed by atoms with E-state index in [1.807, 2.05) is 72.8 Å². The maximum atomic E-state index is 14.2. The van der Waals surface area contributed by atoms with Crippen LogP contribution in [0.2, 0.25) is 0 Å². The number of hydrogen-bond acceptors (Lipinski definition) is 5. The third kappa shape index (κ3) is 3.93. The van der Waals surface area contributed by atoms with Crippen LogP contribution in [0.1, 0.15) is 18.1 Å². The van der Waals surface area contributed by atoms with Crippen molar-refractivity contribution in [2.75, 3.05) is 13.2 Å². The molecule has 3 aliphatic rings. The van der Waals surface area contributed by atoms with E-state index in [0.717, 1.165) is 11.1 Å². The molecule has 3 aliphatic heterocycles. The number of nitrogens with zero attached hydrogens (tertiary/aromatic N) is 2. The maximum Gasteiger partial charge on any atom is 0.312 e. The summed E-state index contributed by atoms with van der Waals surface area (Å²) >= 11 is 0. The highest BCUT2D eigenvalue weighted by Crippen LogP contribution is 2.53. The Balaban J connectivity index is 1.58. The molecule has 1 spiro atoms. The quantitative estimate of drug-likeness (QED) is 0.444. The minimum Gasteiger partial charge on any atom is -0.466 e. The van der Waals surface area contributed by atoms with E-state index < -0.39 is 35.6 Å². The third-order valence-corrected chi connectivity index (χ3v) is 7.28. The van der Waals surface area contributed by atoms with Crippen LogP contribution in [-0.2, 0) is 36.9 Å². The van der Waals surface area contributed by atoms with Gasteiger partial charge in [-0.3, -0.25) is 14.4 Å². The highest BCUT2D eigenvalue weighted by Gasteiger charge is 2.71. The first-order chi connectivity index (χ1) is 17.5. The second-order valence-electron chi connectivity index (χ2n) is 9.39. The SMILES string of the molecule is C=C[C@@H]1O[C@@]23C=CCN(Cc4ccccc4)C(=O)[C@@H]2N(Cc2ccccc2)C(=O)[C@H]3[C@@H]1C(=O)OCC. The predicted molar refractivity (Wildman–Crippen MR) is 133 cm³/mol. The summed E-state index contributed by atoms with van der Waals surface area (Å²) in [4.78, 5) is 44.6. The van der Waals surface area contributed by atoms with Gasteiger partial charge in [0.1, 0.15) is 17.6 Å². The molecule has 186 valence electrons. The largest absolute Gasteiger partial charge is 0.466 e. The van der Waals surface area contributed by atoms with Gasteiger partial charge in [0.15, 0.2) is 0 Å². The van der Waals surface area contributed by atoms with Gasteiger partial charge in [0.05, 0.1) is 18.6 Å². The molecule has 0 radical (unpaired) electrons. The van der Waals surface area contributed by atoms with Crippen LogP contribution in [0.25, 0.3) is 0 Å². The molecule has 0 aliphatic carbocycles. The number of benzene rings is 2. The number of carbonyl (C=O) groups excluding carboxylic acids is 3. The minimum absolute atomic E-state index is 0.184. The Bertz CT molecular complexity index is 1180. The van der Waals surface area contributed by atoms with Crippen LogP contribution in [0, 0.1) is 11.8 Å². The standard InChI is InChI=1S/C29H30N2O5/c1-3-22-23(28(34)35-4-2)24-26(32)31(19-21-14-9-6-10-15-21)25-27(33)30(17-11-16-29(24,25)36-22)18-20-12-7-5-8-13-20/h3,5-16,22-25H,1,4,17-19H2,2H3/t22-,23+,24+,25-,29+/m0/s1. The lowest BCUT2D eigenvalue weighted by atomic mass is 9.78. The van der Waals surface area contributed by atoms with Gasteiger partial charge in [-0.05, 0) is 18.1 Å². The number of amides is 2. The zero-order valence-electron chi connectivity index (χ0n) is 20.3. The summed E-state index contributed by atoms with van der Waals surface area (Å²) in [5, 5.41) is 0. The molecule has 36 heavy (non-hydrogen) atoms. The molecule has 2 fully saturated rings. The first kappa shape index (κ1) is 24.0. The fourth-order valence-electron chi connectivity index (χ4n) is 5.77. The molecule has 7 heteroatoms. The van der Waals surface area contributed by atoms with Crippen molar-refractivity contribution in [1.82, 2.24) is 9.80 Å². The molecular formula is C29H30N2O5. The second kappa shape index (κ2) is 9.74. The Hall–Kier alpha value is -3.71. The van der Waals surface area contributed by atoms with Gasteiger partial charge in [0.2, 0.25) is 11.8 Å². The Morgan fingerprint density at radius 2 is 1.69 bits per heavy atom. The number of ether oxygens (including phenoxy) is 2. The van der Waals surface area contributed by atoms with Gasteiger partial charge in [0.25, 0.3) is 0 Å². The van der Waals surface area contributed by atoms with Crippen LogP contribution in [0.4, 0.5) is 0 Å². The lowest BCUT2D eigenvalue weighted by Crippen LogP contribution is -2.54. The van der Waals surface area contributed by atoms with Crippen molar-refractivity contribution in [1.29, 1.82) is 0 Å². The molecule has 2 saturated heterocycles. The zero-order valence-corrected chi connectivity index (χ0v) is 20.3. The topological polar surface area (TPSA) is 76.2 Å². The smallest absolute Gasteiger partial charge is 0.312 e. The van der Waals surface area contributed by atoms with Crippen LogP contribution in [0.15, 0.2) is 85.5 Å². The Kier molecular flexibility index (Phi) is 6.49. The van der Waals surface area contributed by atoms with Gasteiger partial charge in [-0.15, -0.1) is 6.58 Å². The van der Waals surface area contributed by atoms with E-state index in [9.17, 15) is 14.4 Å². The molecule has 5 atom stereocenters. The molecule has 0 unspecified atom stereocenters. The van der Waals surface area contributed by atoms with Crippen molar-refractivity contribution in [3.05, 3.63) is 96.6 Å². The van der Waals surface area contributed by atoms with Gasteiger partial charge < -0.3 is 19.3 Å². The molecule has 7 nitrogen and oxygen atoms in total. The van der Waals surface area contributed by atoms with E-state index in [1.54, 1.807) is 16.7 Å². The van der Waals surface area contributed by atoms with E-state index in [-0.39, 0.29) is 25.0 Å². The summed E-state index contributed by atoms with van der Waals surface area (Å²) in [5.41, 5.74) is 0.598. The fourth-order valence-corrected chi connectivity index (χ4v) is 5.77. The number of hydrogen-bond donors (Lipinski definition) is 0. The van der Waals surface area contributed by atoms with Gasteiger partial charge in [-0.2, -0.15) is 0 Å². The normalized spacial score (nSPS) is 29.0. The van der Waals surface area contributed by atoms with Gasteiger partial charge in [-0.25, -0.2) is 0 Å². The lowest BCUT2D eigenvalue weighted by Gasteiger charge is -2.35. The van der Waals surface area contributed by atoms with E-state index in [2.05, 4.69) is 6.58 Å². The van der Waals surface area contributed by atoms with Crippen molar-refractivity contribution in [2.45, 2.75) is 37.8 Å². The van der Waals surface area contributed by atoms with E-state index in [0.29, 0.717) is 13.1 Å². The first-order valence-corrected chi connectivity index (χ1v) is 12.3. The first-order valence-electron chi connectivity index (χ1n) is 12.3. The van der Waals surface area contributed by atoms with Crippen LogP contribution in [0.3, 0.4) is 0 Å². The molecular weight excluding hydrogens is 456 g/mol. The van der Waals surface area contributed by atoms with Crippen molar-refractivity contribution < 1.29 is 23.9 Å². The van der Waals surface area contributed by atoms with E-state index >= 15 is 0 Å². The minimum atomic E-state index is -1.29. The molecule has 0 aromatic heterocycles. The average Bonchev–Trinajstić information content (AvgIpc) is 3.28. The molecule has 2 aromatic carbocycles. The molecule has 3 heterocycles. The van der Waals surface area contributed by atoms with Crippen LogP contribution >= 0.6 is 0 Å². The van der Waals surface area contributed by atoms with E-state index in [4.69, 9.17) is 9.47 Å². The summed E-state index contributed by atoms with van der Waals surface area (Å²) in [7, 11) is 0. The molecule has 0 saturated carbocycles. The number of likely N-dealkylation sites (tertiary alicyclic amines) is 1. The zero-order chi connectivity index (χ0) is 25.3. The van der Waals surface area contributed by atoms with Gasteiger partial charge in [-0.1, -0.05) is 78.9 Å². The molecule has 2 amide bonds. The van der Waals surface area contributed by atoms with Crippen LogP contribution in [0.5, 0.6) is 0 Å². The molecule has 0 N–H and O–H groups in total. The highest BCUT2D eigenvalue weighted by molar-refractivity contribution is 5.99. The van der Waals surface area contributed by atoms with Crippen LogP contribution < -0.4 is 0 Å². The van der Waals surface area contributed by atoms with E-state index in [1.165, 1.54) is 6.08 Å². The average molecular weight is 487 g/mol. The summed E-state index contributed by atoms with van der Waals surface area (Å²) in [6.45, 7) is 6.77. The predicted octanol–water partition coefficient (Wildman–Crippen LogP) is 3.12. The summed E-state index contributed by atoms with van der Waals surface area (Å²) < 4.78 is 11.8. The number of esters is 1. The summed E-state index contributed by atoms with van der Waals surface area (Å²) in [6.07, 6.45) is 4.49. The Morgan fingerprint density at radius 3 is 2.31 bits per heavy atom. The van der Waals surface area contributed by atoms with Crippen molar-refractivity contribution in [3.8, 4) is 0 Å². The molecule has 0 bridgehead atoms. The summed E-state index contributed by atoms with van der Waals surface area (Å²) in [6, 6.07) is 18.4. The Labute approximate surface area is 211 Å².